The molecule has 1 saturated heterocycles. The van der Waals surface area contributed by atoms with Gasteiger partial charge in [0, 0.05) is 0 Å². The Labute approximate surface area is 249 Å². The molecule has 6 atom stereocenters. The third-order valence-electron chi connectivity index (χ3n) is 7.08. The standard InChI is InChI=1S/C33H36O8S/c1-3-37-32(34)30-23(2)40-33-31(42(30)35)29(39-21-26-17-11-6-12-18-26)28(38-20-25-15-9-5-10-16-25)27(41-33)22-36-19-24-13-7-4-8-14-24/h4-18,27-29,31,33H,3,19-22H2,1-2H3. The molecule has 0 spiro atoms. The second-order valence-corrected chi connectivity index (χ2v) is 11.6. The first-order valence-electron chi connectivity index (χ1n) is 14.1. The van der Waals surface area contributed by atoms with Crippen molar-refractivity contribution in [1.82, 2.24) is 0 Å². The van der Waals surface area contributed by atoms with Crippen molar-refractivity contribution >= 4 is 16.8 Å². The molecular weight excluding hydrogens is 556 g/mol. The van der Waals surface area contributed by atoms with E-state index in [1.807, 2.05) is 91.0 Å². The summed E-state index contributed by atoms with van der Waals surface area (Å²) in [6, 6.07) is 29.3. The largest absolute Gasteiger partial charge is 0.467 e. The number of fused-ring (bicyclic) bond motifs is 1. The van der Waals surface area contributed by atoms with Crippen LogP contribution in [0.3, 0.4) is 0 Å². The lowest BCUT2D eigenvalue weighted by Gasteiger charge is -2.47. The molecule has 0 amide bonds. The molecule has 1 fully saturated rings. The van der Waals surface area contributed by atoms with E-state index >= 15 is 0 Å². The van der Waals surface area contributed by atoms with Gasteiger partial charge in [-0.3, -0.25) is 4.21 Å². The molecule has 2 aliphatic rings. The van der Waals surface area contributed by atoms with E-state index in [0.717, 1.165) is 16.7 Å². The van der Waals surface area contributed by atoms with Gasteiger partial charge in [-0.15, -0.1) is 0 Å². The summed E-state index contributed by atoms with van der Waals surface area (Å²) in [6.07, 6.45) is -2.98. The average molecular weight is 593 g/mol. The van der Waals surface area contributed by atoms with E-state index in [9.17, 15) is 9.00 Å². The Bertz CT molecular complexity index is 1350. The molecule has 2 heterocycles. The third-order valence-corrected chi connectivity index (χ3v) is 8.92. The summed E-state index contributed by atoms with van der Waals surface area (Å²) in [5, 5.41) is -0.844. The fourth-order valence-corrected chi connectivity index (χ4v) is 6.68. The molecule has 42 heavy (non-hydrogen) atoms. The van der Waals surface area contributed by atoms with Gasteiger partial charge < -0.3 is 28.4 Å². The predicted octanol–water partition coefficient (Wildman–Crippen LogP) is 5.04. The zero-order valence-corrected chi connectivity index (χ0v) is 24.6. The molecule has 8 nitrogen and oxygen atoms in total. The summed E-state index contributed by atoms with van der Waals surface area (Å²) in [4.78, 5) is 12.8. The van der Waals surface area contributed by atoms with E-state index in [-0.39, 0.29) is 37.1 Å². The summed E-state index contributed by atoms with van der Waals surface area (Å²) >= 11 is 0. The molecule has 222 valence electrons. The number of allylic oxidation sites excluding steroid dienone is 1. The van der Waals surface area contributed by atoms with E-state index in [1.165, 1.54) is 0 Å². The molecule has 0 bridgehead atoms. The quantitative estimate of drug-likeness (QED) is 0.270. The maximum atomic E-state index is 14.1. The van der Waals surface area contributed by atoms with E-state index in [1.54, 1.807) is 13.8 Å². The van der Waals surface area contributed by atoms with Crippen LogP contribution in [0, 0.1) is 0 Å². The predicted molar refractivity (Wildman–Crippen MR) is 157 cm³/mol. The summed E-state index contributed by atoms with van der Waals surface area (Å²) in [6.45, 7) is 4.54. The number of hydrogen-bond donors (Lipinski definition) is 0. The second kappa shape index (κ2) is 14.7. The van der Waals surface area contributed by atoms with Crippen molar-refractivity contribution in [2.24, 2.45) is 0 Å². The van der Waals surface area contributed by atoms with Gasteiger partial charge in [-0.2, -0.15) is 0 Å². The van der Waals surface area contributed by atoms with Crippen LogP contribution in [-0.4, -0.2) is 53.2 Å². The van der Waals surface area contributed by atoms with Gasteiger partial charge in [0.1, 0.15) is 29.3 Å². The number of benzene rings is 3. The van der Waals surface area contributed by atoms with Crippen LogP contribution in [0.25, 0.3) is 0 Å². The normalized spacial score (nSPS) is 25.4. The average Bonchev–Trinajstić information content (AvgIpc) is 3.01. The van der Waals surface area contributed by atoms with Crippen LogP contribution >= 0.6 is 0 Å². The fraction of sp³-hybridized carbons (Fsp3) is 0.364. The summed E-state index contributed by atoms with van der Waals surface area (Å²) < 4.78 is 50.9. The van der Waals surface area contributed by atoms with E-state index < -0.39 is 46.6 Å². The summed E-state index contributed by atoms with van der Waals surface area (Å²) in [7, 11) is -1.85. The van der Waals surface area contributed by atoms with Crippen molar-refractivity contribution in [2.45, 2.75) is 63.5 Å². The van der Waals surface area contributed by atoms with Crippen molar-refractivity contribution in [3.05, 3.63) is 118 Å². The Hall–Kier alpha value is -3.34. The minimum absolute atomic E-state index is 0.0180. The molecule has 5 rings (SSSR count). The van der Waals surface area contributed by atoms with Gasteiger partial charge >= 0.3 is 5.97 Å². The maximum absolute atomic E-state index is 14.1. The van der Waals surface area contributed by atoms with Gasteiger partial charge in [-0.25, -0.2) is 4.79 Å². The molecule has 0 radical (unpaired) electrons. The molecular formula is C33H36O8S. The number of carbonyl (C=O) groups excluding carboxylic acids is 1. The highest BCUT2D eigenvalue weighted by molar-refractivity contribution is 7.90. The lowest BCUT2D eigenvalue weighted by atomic mass is 10.00. The highest BCUT2D eigenvalue weighted by Crippen LogP contribution is 2.38. The Morgan fingerprint density at radius 2 is 1.31 bits per heavy atom. The van der Waals surface area contributed by atoms with Crippen molar-refractivity contribution in [3.8, 4) is 0 Å². The lowest BCUT2D eigenvalue weighted by Crippen LogP contribution is -2.63. The van der Waals surface area contributed by atoms with Crippen LogP contribution in [0.5, 0.6) is 0 Å². The molecule has 2 aliphatic heterocycles. The van der Waals surface area contributed by atoms with Crippen LogP contribution in [0.2, 0.25) is 0 Å². The fourth-order valence-electron chi connectivity index (χ4n) is 5.05. The van der Waals surface area contributed by atoms with E-state index in [4.69, 9.17) is 28.4 Å². The molecule has 3 aromatic carbocycles. The first-order chi connectivity index (χ1) is 20.5. The molecule has 3 aromatic rings. The minimum atomic E-state index is -1.85. The second-order valence-electron chi connectivity index (χ2n) is 10.1. The van der Waals surface area contributed by atoms with Gasteiger partial charge in [0.25, 0.3) is 0 Å². The monoisotopic (exact) mass is 592 g/mol. The zero-order valence-electron chi connectivity index (χ0n) is 23.8. The van der Waals surface area contributed by atoms with Crippen molar-refractivity contribution < 1.29 is 37.4 Å². The van der Waals surface area contributed by atoms with Gasteiger partial charge in [0.15, 0.2) is 4.91 Å². The zero-order chi connectivity index (χ0) is 29.3. The highest BCUT2D eigenvalue weighted by atomic mass is 32.2. The van der Waals surface area contributed by atoms with Crippen LogP contribution in [-0.2, 0) is 63.8 Å². The Morgan fingerprint density at radius 1 is 0.786 bits per heavy atom. The molecule has 0 saturated carbocycles. The van der Waals surface area contributed by atoms with Gasteiger partial charge in [-0.05, 0) is 30.5 Å². The number of hydrogen-bond acceptors (Lipinski definition) is 8. The lowest BCUT2D eigenvalue weighted by molar-refractivity contribution is -0.267. The van der Waals surface area contributed by atoms with Crippen molar-refractivity contribution in [1.29, 1.82) is 0 Å². The maximum Gasteiger partial charge on any atom is 0.350 e. The molecule has 0 N–H and O–H groups in total. The molecule has 0 aliphatic carbocycles. The van der Waals surface area contributed by atoms with Crippen molar-refractivity contribution in [3.63, 3.8) is 0 Å². The Kier molecular flexibility index (Phi) is 10.6. The third kappa shape index (κ3) is 7.35. The van der Waals surface area contributed by atoms with Crippen molar-refractivity contribution in [2.75, 3.05) is 13.2 Å². The van der Waals surface area contributed by atoms with Crippen LogP contribution in [0.4, 0.5) is 0 Å². The van der Waals surface area contributed by atoms with E-state index in [2.05, 4.69) is 0 Å². The minimum Gasteiger partial charge on any atom is -0.467 e. The summed E-state index contributed by atoms with van der Waals surface area (Å²) in [5.74, 6) is -0.467. The highest BCUT2D eigenvalue weighted by Gasteiger charge is 2.55. The van der Waals surface area contributed by atoms with E-state index in [0.29, 0.717) is 6.61 Å². The van der Waals surface area contributed by atoms with Crippen LogP contribution < -0.4 is 0 Å². The number of rotatable bonds is 12. The smallest absolute Gasteiger partial charge is 0.350 e. The molecule has 6 unspecified atom stereocenters. The van der Waals surface area contributed by atoms with Crippen LogP contribution in [0.15, 0.2) is 102 Å². The Balaban J connectivity index is 1.45. The topological polar surface area (TPSA) is 89.5 Å². The first kappa shape index (κ1) is 30.1. The number of esters is 1. The molecule has 0 aromatic heterocycles. The first-order valence-corrected chi connectivity index (χ1v) is 15.3. The molecule has 9 heteroatoms. The number of carbonyl (C=O) groups is 1. The Morgan fingerprint density at radius 3 is 1.86 bits per heavy atom. The van der Waals surface area contributed by atoms with Gasteiger partial charge in [-0.1, -0.05) is 91.0 Å². The van der Waals surface area contributed by atoms with Crippen LogP contribution in [0.1, 0.15) is 30.5 Å². The SMILES string of the molecule is CCOC(=O)C1=C(C)OC2OC(COCc3ccccc3)C(OCc3ccccc3)C(OCc3ccccc3)C2S1=O. The number of ether oxygens (including phenoxy) is 6. The summed E-state index contributed by atoms with van der Waals surface area (Å²) in [5.41, 5.74) is 2.94. The van der Waals surface area contributed by atoms with Gasteiger partial charge in [0.2, 0.25) is 6.29 Å². The van der Waals surface area contributed by atoms with Gasteiger partial charge in [0.05, 0.1) is 43.8 Å².